The van der Waals surface area contributed by atoms with Gasteiger partial charge in [-0.1, -0.05) is 6.07 Å². The Hall–Kier alpha value is -1.21. The molecule has 0 spiro atoms. The van der Waals surface area contributed by atoms with Crippen molar-refractivity contribution in [3.8, 4) is 5.88 Å². The van der Waals surface area contributed by atoms with Gasteiger partial charge in [0.1, 0.15) is 4.47 Å². The quantitative estimate of drug-likeness (QED) is 0.826. The van der Waals surface area contributed by atoms with Gasteiger partial charge >= 0.3 is 0 Å². The molecule has 0 aliphatic carbocycles. The first-order valence-electron chi connectivity index (χ1n) is 5.02. The highest BCUT2D eigenvalue weighted by Gasteiger charge is 2.10. The summed E-state index contributed by atoms with van der Waals surface area (Å²) in [6, 6.07) is 3.63. The van der Waals surface area contributed by atoms with E-state index in [9.17, 15) is 4.79 Å². The third-order valence-corrected chi connectivity index (χ3v) is 4.21. The maximum atomic E-state index is 12.0. The van der Waals surface area contributed by atoms with Gasteiger partial charge in [0.25, 0.3) is 5.56 Å². The van der Waals surface area contributed by atoms with Crippen LogP contribution in [0.15, 0.2) is 38.3 Å². The number of aromatic nitrogens is 3. The van der Waals surface area contributed by atoms with E-state index in [1.54, 1.807) is 25.6 Å². The molecule has 94 valence electrons. The van der Waals surface area contributed by atoms with E-state index in [0.717, 1.165) is 5.56 Å². The van der Waals surface area contributed by atoms with Crippen LogP contribution in [-0.4, -0.2) is 21.9 Å². The molecule has 0 unspecified atom stereocenters. The number of nitrogens with zero attached hydrogens (tertiary/aromatic N) is 3. The van der Waals surface area contributed by atoms with Crippen molar-refractivity contribution in [2.75, 3.05) is 7.11 Å². The summed E-state index contributed by atoms with van der Waals surface area (Å²) in [5.74, 6) is 0.491. The van der Waals surface area contributed by atoms with Crippen LogP contribution in [0.2, 0.25) is 0 Å². The molecule has 18 heavy (non-hydrogen) atoms. The van der Waals surface area contributed by atoms with E-state index in [1.807, 2.05) is 6.07 Å². The molecule has 5 nitrogen and oxygen atoms in total. The summed E-state index contributed by atoms with van der Waals surface area (Å²) in [6.45, 7) is 0.307. The smallest absolute Gasteiger partial charge is 0.282 e. The first-order chi connectivity index (χ1) is 8.63. The lowest BCUT2D eigenvalue weighted by molar-refractivity contribution is 0.389. The number of methoxy groups -OCH3 is 1. The Balaban J connectivity index is 2.41. The summed E-state index contributed by atoms with van der Waals surface area (Å²) >= 11 is 6.45. The lowest BCUT2D eigenvalue weighted by Crippen LogP contribution is -2.24. The monoisotopic (exact) mass is 373 g/mol. The highest BCUT2D eigenvalue weighted by molar-refractivity contribution is 9.13. The van der Waals surface area contributed by atoms with Crippen LogP contribution >= 0.6 is 31.9 Å². The van der Waals surface area contributed by atoms with Gasteiger partial charge in [-0.3, -0.25) is 4.79 Å². The fourth-order valence-corrected chi connectivity index (χ4v) is 2.02. The summed E-state index contributed by atoms with van der Waals surface area (Å²) in [4.78, 5) is 16.0. The molecule has 0 aromatic carbocycles. The van der Waals surface area contributed by atoms with Crippen molar-refractivity contribution >= 4 is 31.9 Å². The molecule has 0 N–H and O–H groups in total. The van der Waals surface area contributed by atoms with Gasteiger partial charge in [-0.15, -0.1) is 0 Å². The van der Waals surface area contributed by atoms with Crippen LogP contribution in [0, 0.1) is 0 Å². The van der Waals surface area contributed by atoms with Gasteiger partial charge in [-0.2, -0.15) is 5.10 Å². The molecular weight excluding hydrogens is 366 g/mol. The molecule has 0 atom stereocenters. The van der Waals surface area contributed by atoms with Gasteiger partial charge in [0.15, 0.2) is 0 Å². The normalized spacial score (nSPS) is 10.4. The number of halogens is 2. The Morgan fingerprint density at radius 3 is 2.94 bits per heavy atom. The molecule has 0 fully saturated rings. The van der Waals surface area contributed by atoms with Gasteiger partial charge in [-0.05, 0) is 37.9 Å². The molecule has 0 saturated heterocycles. The number of hydrogen-bond donors (Lipinski definition) is 0. The average molecular weight is 375 g/mol. The first-order valence-corrected chi connectivity index (χ1v) is 6.61. The van der Waals surface area contributed by atoms with Crippen LogP contribution in [0.3, 0.4) is 0 Å². The molecule has 0 radical (unpaired) electrons. The highest BCUT2D eigenvalue weighted by Crippen LogP contribution is 2.18. The molecule has 2 heterocycles. The van der Waals surface area contributed by atoms with Gasteiger partial charge in [0.2, 0.25) is 5.88 Å². The molecule has 0 aliphatic heterocycles. The minimum absolute atomic E-state index is 0.213. The van der Waals surface area contributed by atoms with Crippen molar-refractivity contribution in [2.24, 2.45) is 0 Å². The van der Waals surface area contributed by atoms with Crippen molar-refractivity contribution in [2.45, 2.75) is 6.54 Å². The maximum Gasteiger partial charge on any atom is 0.282 e. The Labute approximate surface area is 120 Å². The Bertz CT molecular complexity index is 628. The third kappa shape index (κ3) is 2.62. The number of pyridine rings is 1. The van der Waals surface area contributed by atoms with Crippen molar-refractivity contribution < 1.29 is 4.74 Å². The van der Waals surface area contributed by atoms with Gasteiger partial charge in [0, 0.05) is 11.8 Å². The van der Waals surface area contributed by atoms with E-state index in [2.05, 4.69) is 41.9 Å². The number of rotatable bonds is 3. The van der Waals surface area contributed by atoms with Crippen molar-refractivity contribution in [1.82, 2.24) is 14.8 Å². The molecule has 2 aromatic heterocycles. The summed E-state index contributed by atoms with van der Waals surface area (Å²) in [5, 5.41) is 4.05. The van der Waals surface area contributed by atoms with E-state index in [1.165, 1.54) is 4.68 Å². The molecule has 0 saturated carbocycles. The molecule has 7 heteroatoms. The fraction of sp³-hybridized carbons (Fsp3) is 0.182. The van der Waals surface area contributed by atoms with E-state index < -0.39 is 0 Å². The SMILES string of the molecule is COc1ncccc1Cn1ncc(Br)c(Br)c1=O. The standard InChI is InChI=1S/C11H9Br2N3O2/c1-18-10-7(3-2-4-14-10)6-16-11(17)9(13)8(12)5-15-16/h2-5H,6H2,1H3. The van der Waals surface area contributed by atoms with Crippen LogP contribution in [0.4, 0.5) is 0 Å². The first kappa shape index (κ1) is 13.2. The van der Waals surface area contributed by atoms with E-state index in [0.29, 0.717) is 21.4 Å². The minimum atomic E-state index is -0.213. The molecule has 0 bridgehead atoms. The zero-order valence-corrected chi connectivity index (χ0v) is 12.6. The van der Waals surface area contributed by atoms with Crippen LogP contribution < -0.4 is 10.3 Å². The summed E-state index contributed by atoms with van der Waals surface area (Å²) < 4.78 is 7.55. The lowest BCUT2D eigenvalue weighted by atomic mass is 10.2. The van der Waals surface area contributed by atoms with Gasteiger partial charge in [0.05, 0.1) is 24.3 Å². The van der Waals surface area contributed by atoms with Crippen molar-refractivity contribution in [3.63, 3.8) is 0 Å². The predicted octanol–water partition coefficient (Wildman–Crippen LogP) is 2.22. The second-order valence-corrected chi connectivity index (χ2v) is 5.09. The molecule has 2 aromatic rings. The van der Waals surface area contributed by atoms with E-state index >= 15 is 0 Å². The van der Waals surface area contributed by atoms with Crippen LogP contribution in [-0.2, 0) is 6.54 Å². The molecule has 0 aliphatic rings. The van der Waals surface area contributed by atoms with Gasteiger partial charge < -0.3 is 4.74 Å². The number of hydrogen-bond acceptors (Lipinski definition) is 4. The Morgan fingerprint density at radius 2 is 2.22 bits per heavy atom. The van der Waals surface area contributed by atoms with Crippen LogP contribution in [0.5, 0.6) is 5.88 Å². The van der Waals surface area contributed by atoms with Crippen molar-refractivity contribution in [3.05, 3.63) is 49.4 Å². The second kappa shape index (κ2) is 5.62. The van der Waals surface area contributed by atoms with Crippen molar-refractivity contribution in [1.29, 1.82) is 0 Å². The zero-order valence-electron chi connectivity index (χ0n) is 9.43. The second-order valence-electron chi connectivity index (χ2n) is 3.44. The highest BCUT2D eigenvalue weighted by atomic mass is 79.9. The topological polar surface area (TPSA) is 57.0 Å². The van der Waals surface area contributed by atoms with Crippen LogP contribution in [0.25, 0.3) is 0 Å². The molecule has 0 amide bonds. The average Bonchev–Trinajstić information content (AvgIpc) is 2.40. The Morgan fingerprint density at radius 1 is 1.44 bits per heavy atom. The van der Waals surface area contributed by atoms with Crippen LogP contribution in [0.1, 0.15) is 5.56 Å². The summed E-state index contributed by atoms with van der Waals surface area (Å²) in [7, 11) is 1.54. The Kier molecular flexibility index (Phi) is 4.13. The maximum absolute atomic E-state index is 12.0. The fourth-order valence-electron chi connectivity index (χ4n) is 1.45. The zero-order chi connectivity index (χ0) is 13.1. The number of ether oxygens (including phenoxy) is 1. The van der Waals surface area contributed by atoms with E-state index in [4.69, 9.17) is 4.74 Å². The predicted molar refractivity (Wildman–Crippen MR) is 73.8 cm³/mol. The largest absolute Gasteiger partial charge is 0.481 e. The summed E-state index contributed by atoms with van der Waals surface area (Å²) in [6.07, 6.45) is 3.20. The summed E-state index contributed by atoms with van der Waals surface area (Å²) in [5.41, 5.74) is 0.583. The minimum Gasteiger partial charge on any atom is -0.481 e. The van der Waals surface area contributed by atoms with E-state index in [-0.39, 0.29) is 5.56 Å². The molecule has 2 rings (SSSR count). The third-order valence-electron chi connectivity index (χ3n) is 2.31. The molecular formula is C11H9Br2N3O2. The van der Waals surface area contributed by atoms with Gasteiger partial charge in [-0.25, -0.2) is 9.67 Å². The lowest BCUT2D eigenvalue weighted by Gasteiger charge is -2.08.